The first kappa shape index (κ1) is 14.1. The third-order valence-electron chi connectivity index (χ3n) is 2.03. The number of carboxylic acids is 2. The molecule has 0 radical (unpaired) electrons. The molecule has 1 rings (SSSR count). The smallest absolute Gasteiger partial charge is 0.322 e. The summed E-state index contributed by atoms with van der Waals surface area (Å²) in [5.41, 5.74) is 0. The topological polar surface area (TPSA) is 139 Å². The van der Waals surface area contributed by atoms with Crippen molar-refractivity contribution < 1.29 is 28.2 Å². The lowest BCUT2D eigenvalue weighted by atomic mass is 10.2. The van der Waals surface area contributed by atoms with Crippen LogP contribution in [0.4, 0.5) is 0 Å². The quantitative estimate of drug-likeness (QED) is 0.582. The molecule has 0 aliphatic heterocycles. The lowest BCUT2D eigenvalue weighted by Crippen LogP contribution is -2.42. The zero-order valence-corrected chi connectivity index (χ0v) is 10.1. The van der Waals surface area contributed by atoms with Crippen LogP contribution in [0.2, 0.25) is 0 Å². The van der Waals surface area contributed by atoms with Gasteiger partial charge in [-0.25, -0.2) is 8.42 Å². The van der Waals surface area contributed by atoms with Crippen molar-refractivity contribution in [1.29, 1.82) is 0 Å². The monoisotopic (exact) mass is 277 g/mol. The maximum absolute atomic E-state index is 11.8. The molecule has 0 spiro atoms. The minimum atomic E-state index is -4.13. The van der Waals surface area contributed by atoms with E-state index in [0.29, 0.717) is 0 Å². The lowest BCUT2D eigenvalue weighted by Gasteiger charge is -2.12. The molecule has 1 heterocycles. The Hall–Kier alpha value is -1.94. The van der Waals surface area contributed by atoms with Crippen LogP contribution in [0.5, 0.6) is 0 Å². The first-order valence-electron chi connectivity index (χ1n) is 4.69. The van der Waals surface area contributed by atoms with Gasteiger partial charge >= 0.3 is 11.9 Å². The standard InChI is InChI=1S/C8H11N3O6S/c1-11-6(2-3-9-11)18(16,17)10-5(8(14)15)4-7(12)13/h2-3,5,10H,4H2,1H3,(H,12,13)(H,14,15)/t5-/m1/s1. The Kier molecular flexibility index (Phi) is 4.03. The van der Waals surface area contributed by atoms with Gasteiger partial charge in [0, 0.05) is 7.05 Å². The van der Waals surface area contributed by atoms with Gasteiger partial charge < -0.3 is 10.2 Å². The second-order valence-electron chi connectivity index (χ2n) is 3.40. The molecule has 0 aromatic carbocycles. The van der Waals surface area contributed by atoms with E-state index in [1.165, 1.54) is 19.3 Å². The SMILES string of the molecule is Cn1nccc1S(=O)(=O)N[C@H](CC(=O)O)C(=O)O. The molecule has 0 amide bonds. The molecule has 0 fully saturated rings. The van der Waals surface area contributed by atoms with Crippen molar-refractivity contribution >= 4 is 22.0 Å². The van der Waals surface area contributed by atoms with Crippen LogP contribution in [0, 0.1) is 0 Å². The Morgan fingerprint density at radius 2 is 2.11 bits per heavy atom. The van der Waals surface area contributed by atoms with Crippen LogP contribution >= 0.6 is 0 Å². The molecule has 9 nitrogen and oxygen atoms in total. The zero-order valence-electron chi connectivity index (χ0n) is 9.27. The van der Waals surface area contributed by atoms with Crippen molar-refractivity contribution in [3.63, 3.8) is 0 Å². The van der Waals surface area contributed by atoms with Gasteiger partial charge in [0.15, 0.2) is 5.03 Å². The fourth-order valence-corrected chi connectivity index (χ4v) is 2.54. The number of nitrogens with one attached hydrogen (secondary N) is 1. The summed E-state index contributed by atoms with van der Waals surface area (Å²) in [5, 5.41) is 20.6. The zero-order chi connectivity index (χ0) is 13.9. The molecule has 10 heteroatoms. The first-order chi connectivity index (χ1) is 8.24. The predicted octanol–water partition coefficient (Wildman–Crippen LogP) is -1.37. The van der Waals surface area contributed by atoms with Gasteiger partial charge in [0.2, 0.25) is 0 Å². The van der Waals surface area contributed by atoms with Gasteiger partial charge in [-0.05, 0) is 6.07 Å². The van der Waals surface area contributed by atoms with Crippen molar-refractivity contribution in [1.82, 2.24) is 14.5 Å². The van der Waals surface area contributed by atoms with Gasteiger partial charge in [-0.1, -0.05) is 0 Å². The normalized spacial score (nSPS) is 13.2. The number of carboxylic acid groups (broad SMARTS) is 2. The highest BCUT2D eigenvalue weighted by Crippen LogP contribution is 2.08. The molecule has 0 saturated carbocycles. The maximum atomic E-state index is 11.8. The third-order valence-corrected chi connectivity index (χ3v) is 3.57. The van der Waals surface area contributed by atoms with Crippen molar-refractivity contribution in [2.45, 2.75) is 17.5 Å². The minimum absolute atomic E-state index is 0.251. The Morgan fingerprint density at radius 3 is 2.50 bits per heavy atom. The summed E-state index contributed by atoms with van der Waals surface area (Å²) in [7, 11) is -2.77. The van der Waals surface area contributed by atoms with Crippen LogP contribution in [-0.4, -0.2) is 46.4 Å². The molecule has 1 aromatic heterocycles. The van der Waals surface area contributed by atoms with Gasteiger partial charge in [-0.3, -0.25) is 14.3 Å². The summed E-state index contributed by atoms with van der Waals surface area (Å²) < 4.78 is 26.4. The molecule has 0 saturated heterocycles. The number of nitrogens with zero attached hydrogens (tertiary/aromatic N) is 2. The summed E-state index contributed by atoms with van der Waals surface area (Å²) in [5.74, 6) is -2.99. The number of aryl methyl sites for hydroxylation is 1. The Morgan fingerprint density at radius 1 is 1.50 bits per heavy atom. The van der Waals surface area contributed by atoms with E-state index in [2.05, 4.69) is 5.10 Å². The van der Waals surface area contributed by atoms with Crippen molar-refractivity contribution in [2.75, 3.05) is 0 Å². The first-order valence-corrected chi connectivity index (χ1v) is 6.17. The molecule has 0 unspecified atom stereocenters. The summed E-state index contributed by atoms with van der Waals surface area (Å²) in [6.45, 7) is 0. The van der Waals surface area contributed by atoms with E-state index >= 15 is 0 Å². The maximum Gasteiger partial charge on any atom is 0.322 e. The van der Waals surface area contributed by atoms with E-state index in [-0.39, 0.29) is 5.03 Å². The van der Waals surface area contributed by atoms with E-state index in [4.69, 9.17) is 10.2 Å². The van der Waals surface area contributed by atoms with E-state index in [1.807, 2.05) is 0 Å². The largest absolute Gasteiger partial charge is 0.481 e. The molecule has 3 N–H and O–H groups in total. The lowest BCUT2D eigenvalue weighted by molar-refractivity contribution is -0.145. The number of aliphatic carboxylic acids is 2. The van der Waals surface area contributed by atoms with Gasteiger partial charge in [-0.15, -0.1) is 0 Å². The Balaban J connectivity index is 2.97. The van der Waals surface area contributed by atoms with Crippen LogP contribution in [-0.2, 0) is 26.7 Å². The van der Waals surface area contributed by atoms with Crippen molar-refractivity contribution in [3.05, 3.63) is 12.3 Å². The molecule has 0 bridgehead atoms. The molecular formula is C8H11N3O6S. The van der Waals surface area contributed by atoms with Crippen LogP contribution < -0.4 is 4.72 Å². The molecule has 18 heavy (non-hydrogen) atoms. The minimum Gasteiger partial charge on any atom is -0.481 e. The second-order valence-corrected chi connectivity index (χ2v) is 5.06. The molecular weight excluding hydrogens is 266 g/mol. The molecule has 1 atom stereocenters. The highest BCUT2D eigenvalue weighted by molar-refractivity contribution is 7.89. The number of carbonyl (C=O) groups is 2. The van der Waals surface area contributed by atoms with Crippen LogP contribution in [0.25, 0.3) is 0 Å². The van der Waals surface area contributed by atoms with E-state index in [0.717, 1.165) is 4.68 Å². The molecule has 0 aliphatic carbocycles. The van der Waals surface area contributed by atoms with Crippen LogP contribution in [0.1, 0.15) is 6.42 Å². The third kappa shape index (κ3) is 3.28. The number of aromatic nitrogens is 2. The summed E-state index contributed by atoms with van der Waals surface area (Å²) in [6.07, 6.45) is 0.369. The number of rotatable bonds is 6. The molecule has 1 aromatic rings. The van der Waals surface area contributed by atoms with Crippen LogP contribution in [0.15, 0.2) is 17.3 Å². The fraction of sp³-hybridized carbons (Fsp3) is 0.375. The van der Waals surface area contributed by atoms with E-state index in [9.17, 15) is 18.0 Å². The second kappa shape index (κ2) is 5.14. The van der Waals surface area contributed by atoms with Crippen LogP contribution in [0.3, 0.4) is 0 Å². The Labute approximate surface area is 102 Å². The van der Waals surface area contributed by atoms with Gasteiger partial charge in [0.25, 0.3) is 10.0 Å². The highest BCUT2D eigenvalue weighted by atomic mass is 32.2. The van der Waals surface area contributed by atoms with E-state index < -0.39 is 34.4 Å². The van der Waals surface area contributed by atoms with Crippen molar-refractivity contribution in [3.8, 4) is 0 Å². The highest BCUT2D eigenvalue weighted by Gasteiger charge is 2.28. The van der Waals surface area contributed by atoms with Gasteiger partial charge in [0.05, 0.1) is 12.6 Å². The number of hydrogen-bond acceptors (Lipinski definition) is 5. The average molecular weight is 277 g/mol. The fourth-order valence-electron chi connectivity index (χ4n) is 1.23. The Bertz CT molecular complexity index is 563. The molecule has 100 valence electrons. The van der Waals surface area contributed by atoms with Gasteiger partial charge in [0.1, 0.15) is 6.04 Å². The summed E-state index contributed by atoms with van der Waals surface area (Å²) >= 11 is 0. The molecule has 0 aliphatic rings. The summed E-state index contributed by atoms with van der Waals surface area (Å²) in [6, 6.07) is -0.565. The van der Waals surface area contributed by atoms with Gasteiger partial charge in [-0.2, -0.15) is 9.82 Å². The van der Waals surface area contributed by atoms with Crippen molar-refractivity contribution in [2.24, 2.45) is 7.05 Å². The summed E-state index contributed by atoms with van der Waals surface area (Å²) in [4.78, 5) is 21.2. The van der Waals surface area contributed by atoms with E-state index in [1.54, 1.807) is 4.72 Å². The average Bonchev–Trinajstić information content (AvgIpc) is 2.62. The number of hydrogen-bond donors (Lipinski definition) is 3. The number of sulfonamides is 1. The predicted molar refractivity (Wildman–Crippen MR) is 57.2 cm³/mol.